The number of rotatable bonds is 6. The third-order valence-corrected chi connectivity index (χ3v) is 3.56. The van der Waals surface area contributed by atoms with Crippen molar-refractivity contribution in [2.45, 2.75) is 25.8 Å². The zero-order chi connectivity index (χ0) is 13.5. The minimum absolute atomic E-state index is 0.346. The quantitative estimate of drug-likeness (QED) is 0.828. The second-order valence-corrected chi connectivity index (χ2v) is 5.03. The van der Waals surface area contributed by atoms with Crippen LogP contribution in [0.25, 0.3) is 0 Å². The molecule has 0 saturated heterocycles. The van der Waals surface area contributed by atoms with Crippen LogP contribution in [0.3, 0.4) is 0 Å². The predicted octanol–water partition coefficient (Wildman–Crippen LogP) is 1.80. The number of carboxylic acids is 1. The lowest BCUT2D eigenvalue weighted by molar-refractivity contribution is -0.139. The van der Waals surface area contributed by atoms with E-state index in [1.54, 1.807) is 25.3 Å². The molecule has 5 nitrogen and oxygen atoms in total. The standard InChI is InChI=1S/C12H18N2O3S/c1-3-10(11(15)16)13-12(17)14(2)7-6-9-5-4-8-18-9/h4-5,8,10H,3,6-7H2,1-2H3,(H,13,17)(H,15,16)/t10-/m1/s1. The molecule has 1 aromatic heterocycles. The lowest BCUT2D eigenvalue weighted by atomic mass is 10.2. The number of urea groups is 1. The molecule has 0 aliphatic rings. The molecule has 6 heteroatoms. The number of carbonyl (C=O) groups excluding carboxylic acids is 1. The number of aliphatic carboxylic acids is 1. The maximum absolute atomic E-state index is 11.7. The van der Waals surface area contributed by atoms with E-state index in [-0.39, 0.29) is 6.03 Å². The fraction of sp³-hybridized carbons (Fsp3) is 0.500. The number of nitrogens with zero attached hydrogens (tertiary/aromatic N) is 1. The van der Waals surface area contributed by atoms with Gasteiger partial charge >= 0.3 is 12.0 Å². The van der Waals surface area contributed by atoms with Gasteiger partial charge in [-0.25, -0.2) is 9.59 Å². The first-order chi connectivity index (χ1) is 8.54. The minimum Gasteiger partial charge on any atom is -0.480 e. The van der Waals surface area contributed by atoms with Gasteiger partial charge in [0.05, 0.1) is 0 Å². The molecule has 1 aromatic rings. The zero-order valence-corrected chi connectivity index (χ0v) is 11.4. The van der Waals surface area contributed by atoms with Gasteiger partial charge < -0.3 is 15.3 Å². The van der Waals surface area contributed by atoms with Crippen molar-refractivity contribution >= 4 is 23.3 Å². The summed E-state index contributed by atoms with van der Waals surface area (Å²) in [4.78, 5) is 25.2. The van der Waals surface area contributed by atoms with Crippen LogP contribution in [0.5, 0.6) is 0 Å². The Balaban J connectivity index is 2.38. The Morgan fingerprint density at radius 2 is 2.28 bits per heavy atom. The van der Waals surface area contributed by atoms with Crippen LogP contribution in [0.15, 0.2) is 17.5 Å². The molecule has 0 bridgehead atoms. The summed E-state index contributed by atoms with van der Waals surface area (Å²) >= 11 is 1.65. The van der Waals surface area contributed by atoms with Crippen LogP contribution in [0.4, 0.5) is 4.79 Å². The summed E-state index contributed by atoms with van der Waals surface area (Å²) in [6.45, 7) is 2.30. The van der Waals surface area contributed by atoms with Gasteiger partial charge in [0.1, 0.15) is 6.04 Å². The number of hydrogen-bond acceptors (Lipinski definition) is 3. The zero-order valence-electron chi connectivity index (χ0n) is 10.5. The summed E-state index contributed by atoms with van der Waals surface area (Å²) in [5.74, 6) is -1.00. The predicted molar refractivity (Wildman–Crippen MR) is 70.9 cm³/mol. The van der Waals surface area contributed by atoms with Crippen molar-refractivity contribution in [1.82, 2.24) is 10.2 Å². The van der Waals surface area contributed by atoms with Crippen LogP contribution in [0, 0.1) is 0 Å². The fourth-order valence-corrected chi connectivity index (χ4v) is 2.13. The molecule has 0 aromatic carbocycles. The molecule has 0 unspecified atom stereocenters. The molecule has 2 amide bonds. The van der Waals surface area contributed by atoms with Gasteiger partial charge in [-0.2, -0.15) is 0 Å². The molecule has 0 saturated carbocycles. The van der Waals surface area contributed by atoms with E-state index in [4.69, 9.17) is 5.11 Å². The van der Waals surface area contributed by atoms with Crippen LogP contribution < -0.4 is 5.32 Å². The summed E-state index contributed by atoms with van der Waals surface area (Å²) < 4.78 is 0. The smallest absolute Gasteiger partial charge is 0.326 e. The third kappa shape index (κ3) is 4.37. The first-order valence-electron chi connectivity index (χ1n) is 5.81. The van der Waals surface area contributed by atoms with E-state index in [1.807, 2.05) is 17.5 Å². The minimum atomic E-state index is -1.00. The number of carbonyl (C=O) groups is 2. The Bertz CT molecular complexity index is 392. The molecule has 1 atom stereocenters. The van der Waals surface area contributed by atoms with Crippen molar-refractivity contribution in [2.24, 2.45) is 0 Å². The lowest BCUT2D eigenvalue weighted by Gasteiger charge is -2.20. The molecular formula is C12H18N2O3S. The maximum Gasteiger partial charge on any atom is 0.326 e. The molecule has 0 radical (unpaired) electrons. The molecule has 18 heavy (non-hydrogen) atoms. The second kappa shape index (κ2) is 7.00. The highest BCUT2D eigenvalue weighted by Gasteiger charge is 2.19. The topological polar surface area (TPSA) is 69.6 Å². The van der Waals surface area contributed by atoms with E-state index in [2.05, 4.69) is 5.32 Å². The number of amides is 2. The van der Waals surface area contributed by atoms with Crippen molar-refractivity contribution in [3.05, 3.63) is 22.4 Å². The molecular weight excluding hydrogens is 252 g/mol. The van der Waals surface area contributed by atoms with E-state index in [9.17, 15) is 9.59 Å². The molecule has 100 valence electrons. The Morgan fingerprint density at radius 1 is 1.56 bits per heavy atom. The van der Waals surface area contributed by atoms with Crippen molar-refractivity contribution in [3.63, 3.8) is 0 Å². The first kappa shape index (κ1) is 14.5. The van der Waals surface area contributed by atoms with E-state index < -0.39 is 12.0 Å². The molecule has 0 aliphatic carbocycles. The average Bonchev–Trinajstić information content (AvgIpc) is 2.85. The van der Waals surface area contributed by atoms with E-state index in [1.165, 1.54) is 9.78 Å². The first-order valence-corrected chi connectivity index (χ1v) is 6.69. The summed E-state index contributed by atoms with van der Waals surface area (Å²) in [7, 11) is 1.66. The van der Waals surface area contributed by atoms with Crippen molar-refractivity contribution in [1.29, 1.82) is 0 Å². The number of hydrogen-bond donors (Lipinski definition) is 2. The van der Waals surface area contributed by atoms with Crippen molar-refractivity contribution in [2.75, 3.05) is 13.6 Å². The van der Waals surface area contributed by atoms with Gasteiger partial charge in [-0.05, 0) is 24.3 Å². The van der Waals surface area contributed by atoms with Crippen molar-refractivity contribution in [3.8, 4) is 0 Å². The van der Waals surface area contributed by atoms with Gasteiger partial charge in [0.25, 0.3) is 0 Å². The molecule has 0 spiro atoms. The number of likely N-dealkylation sites (N-methyl/N-ethyl adjacent to an activating group) is 1. The molecule has 0 aliphatic heterocycles. The van der Waals surface area contributed by atoms with Gasteiger partial charge in [-0.15, -0.1) is 11.3 Å². The maximum atomic E-state index is 11.7. The van der Waals surface area contributed by atoms with Crippen LogP contribution in [0.2, 0.25) is 0 Å². The van der Waals surface area contributed by atoms with Gasteiger partial charge in [0.2, 0.25) is 0 Å². The largest absolute Gasteiger partial charge is 0.480 e. The number of carboxylic acid groups (broad SMARTS) is 1. The van der Waals surface area contributed by atoms with Gasteiger partial charge in [0, 0.05) is 18.5 Å². The van der Waals surface area contributed by atoms with Gasteiger partial charge in [0.15, 0.2) is 0 Å². The average molecular weight is 270 g/mol. The summed E-state index contributed by atoms with van der Waals surface area (Å²) in [5, 5.41) is 13.3. The highest BCUT2D eigenvalue weighted by molar-refractivity contribution is 7.09. The molecule has 1 rings (SSSR count). The molecule has 1 heterocycles. The summed E-state index contributed by atoms with van der Waals surface area (Å²) in [6, 6.07) is 2.82. The van der Waals surface area contributed by atoms with Gasteiger partial charge in [-0.1, -0.05) is 13.0 Å². The van der Waals surface area contributed by atoms with Crippen LogP contribution >= 0.6 is 11.3 Å². The lowest BCUT2D eigenvalue weighted by Crippen LogP contribution is -2.46. The van der Waals surface area contributed by atoms with Gasteiger partial charge in [-0.3, -0.25) is 0 Å². The Morgan fingerprint density at radius 3 is 2.78 bits per heavy atom. The Labute approximate surface area is 110 Å². The normalized spacial score (nSPS) is 11.9. The van der Waals surface area contributed by atoms with Crippen LogP contribution in [-0.2, 0) is 11.2 Å². The highest BCUT2D eigenvalue weighted by atomic mass is 32.1. The number of thiophene rings is 1. The molecule has 2 N–H and O–H groups in total. The SMILES string of the molecule is CC[C@@H](NC(=O)N(C)CCc1cccs1)C(=O)O. The monoisotopic (exact) mass is 270 g/mol. The summed E-state index contributed by atoms with van der Waals surface area (Å²) in [5.41, 5.74) is 0. The van der Waals surface area contributed by atoms with Crippen molar-refractivity contribution < 1.29 is 14.7 Å². The summed E-state index contributed by atoms with van der Waals surface area (Å²) in [6.07, 6.45) is 1.16. The van der Waals surface area contributed by atoms with Crippen LogP contribution in [-0.4, -0.2) is 41.6 Å². The molecule has 0 fully saturated rings. The van der Waals surface area contributed by atoms with E-state index in [0.717, 1.165) is 6.42 Å². The Hall–Kier alpha value is -1.56. The van der Waals surface area contributed by atoms with E-state index >= 15 is 0 Å². The van der Waals surface area contributed by atoms with Crippen LogP contribution in [0.1, 0.15) is 18.2 Å². The Kier molecular flexibility index (Phi) is 5.64. The highest BCUT2D eigenvalue weighted by Crippen LogP contribution is 2.09. The number of nitrogens with one attached hydrogen (secondary N) is 1. The van der Waals surface area contributed by atoms with E-state index in [0.29, 0.717) is 13.0 Å². The fourth-order valence-electron chi connectivity index (χ4n) is 1.43. The third-order valence-electron chi connectivity index (χ3n) is 2.62. The second-order valence-electron chi connectivity index (χ2n) is 4.00.